The average molecular weight is 290 g/mol. The Hall–Kier alpha value is -0.350. The van der Waals surface area contributed by atoms with Gasteiger partial charge in [-0.2, -0.15) is 8.42 Å². The summed E-state index contributed by atoms with van der Waals surface area (Å²) in [4.78, 5) is 0. The first-order chi connectivity index (χ1) is 9.06. The van der Waals surface area contributed by atoms with Crippen LogP contribution < -0.4 is 0 Å². The Morgan fingerprint density at radius 1 is 0.789 bits per heavy atom. The van der Waals surface area contributed by atoms with Crippen LogP contribution in [-0.4, -0.2) is 18.7 Å². The molecule has 0 heterocycles. The Morgan fingerprint density at radius 2 is 1.26 bits per heavy atom. The predicted octanol–water partition coefficient (Wildman–Crippen LogP) is 4.74. The summed E-state index contributed by atoms with van der Waals surface area (Å²) in [5.74, 6) is -0.0877. The van der Waals surface area contributed by atoms with E-state index in [1.165, 1.54) is 51.4 Å². The van der Waals surface area contributed by atoms with Crippen molar-refractivity contribution in [1.82, 2.24) is 0 Å². The maximum absolute atomic E-state index is 10.5. The summed E-state index contributed by atoms with van der Waals surface area (Å²) in [6.45, 7) is 2.21. The highest BCUT2D eigenvalue weighted by Crippen LogP contribution is 2.09. The first-order valence-electron chi connectivity index (χ1n) is 7.66. The standard InChI is InChI=1S/C15H30O3S/c1-2-3-4-5-6-7-8-9-10-11-12-13-14-15-19(16,17)18/h5-6H,2-4,7-15H2,1H3,(H,16,17,18)/b6-5+. The Kier molecular flexibility index (Phi) is 12.4. The Labute approximate surface area is 119 Å². The van der Waals surface area contributed by atoms with Gasteiger partial charge in [0.2, 0.25) is 0 Å². The first kappa shape index (κ1) is 18.7. The van der Waals surface area contributed by atoms with E-state index in [2.05, 4.69) is 19.1 Å². The summed E-state index contributed by atoms with van der Waals surface area (Å²) in [5.41, 5.74) is 0. The van der Waals surface area contributed by atoms with E-state index >= 15 is 0 Å². The van der Waals surface area contributed by atoms with Crippen molar-refractivity contribution in [2.45, 2.75) is 77.6 Å². The van der Waals surface area contributed by atoms with Crippen molar-refractivity contribution in [1.29, 1.82) is 0 Å². The maximum Gasteiger partial charge on any atom is 0.264 e. The Bertz CT molecular complexity index is 307. The molecule has 0 radical (unpaired) electrons. The van der Waals surface area contributed by atoms with E-state index in [0.717, 1.165) is 12.8 Å². The number of unbranched alkanes of at least 4 members (excludes halogenated alkanes) is 9. The molecule has 0 rings (SSSR count). The summed E-state index contributed by atoms with van der Waals surface area (Å²) >= 11 is 0. The molecule has 114 valence electrons. The van der Waals surface area contributed by atoms with Gasteiger partial charge in [-0.1, -0.05) is 64.0 Å². The SMILES string of the molecule is CCCC/C=C/CCCCCCCCCS(=O)(=O)O. The molecule has 0 aromatic carbocycles. The van der Waals surface area contributed by atoms with Crippen molar-refractivity contribution >= 4 is 10.1 Å². The third-order valence-electron chi connectivity index (χ3n) is 3.16. The molecule has 0 aliphatic heterocycles. The van der Waals surface area contributed by atoms with Crippen molar-refractivity contribution < 1.29 is 13.0 Å². The largest absolute Gasteiger partial charge is 0.286 e. The fourth-order valence-corrected chi connectivity index (χ4v) is 2.56. The van der Waals surface area contributed by atoms with Crippen LogP contribution in [0.3, 0.4) is 0 Å². The molecule has 0 amide bonds. The zero-order valence-electron chi connectivity index (χ0n) is 12.3. The lowest BCUT2D eigenvalue weighted by Crippen LogP contribution is -2.03. The van der Waals surface area contributed by atoms with Gasteiger partial charge in [-0.3, -0.25) is 4.55 Å². The molecule has 0 fully saturated rings. The Morgan fingerprint density at radius 3 is 1.79 bits per heavy atom. The van der Waals surface area contributed by atoms with Crippen LogP contribution >= 0.6 is 0 Å². The van der Waals surface area contributed by atoms with Crippen LogP contribution in [0.25, 0.3) is 0 Å². The zero-order valence-corrected chi connectivity index (χ0v) is 13.1. The number of allylic oxidation sites excluding steroid dienone is 2. The molecular weight excluding hydrogens is 260 g/mol. The highest BCUT2D eigenvalue weighted by atomic mass is 32.2. The summed E-state index contributed by atoms with van der Waals surface area (Å²) in [6.07, 6.45) is 17.0. The zero-order chi connectivity index (χ0) is 14.4. The topological polar surface area (TPSA) is 54.4 Å². The van der Waals surface area contributed by atoms with Gasteiger partial charge < -0.3 is 0 Å². The summed E-state index contributed by atoms with van der Waals surface area (Å²) in [5, 5.41) is 0. The third-order valence-corrected chi connectivity index (χ3v) is 3.97. The molecule has 19 heavy (non-hydrogen) atoms. The molecule has 0 saturated heterocycles. The third kappa shape index (κ3) is 17.6. The maximum atomic E-state index is 10.5. The minimum atomic E-state index is -3.75. The smallest absolute Gasteiger partial charge is 0.264 e. The Balaban J connectivity index is 3.13. The van der Waals surface area contributed by atoms with Crippen LogP contribution in [0.1, 0.15) is 77.6 Å². The van der Waals surface area contributed by atoms with E-state index in [9.17, 15) is 8.42 Å². The van der Waals surface area contributed by atoms with E-state index in [-0.39, 0.29) is 5.75 Å². The van der Waals surface area contributed by atoms with E-state index < -0.39 is 10.1 Å². The fraction of sp³-hybridized carbons (Fsp3) is 0.867. The molecule has 4 heteroatoms. The van der Waals surface area contributed by atoms with Crippen LogP contribution in [0.5, 0.6) is 0 Å². The van der Waals surface area contributed by atoms with E-state index in [1.807, 2.05) is 0 Å². The van der Waals surface area contributed by atoms with Gasteiger partial charge in [-0.15, -0.1) is 0 Å². The molecule has 0 spiro atoms. The molecule has 0 bridgehead atoms. The lowest BCUT2D eigenvalue weighted by Gasteiger charge is -2.00. The molecule has 0 atom stereocenters. The highest BCUT2D eigenvalue weighted by molar-refractivity contribution is 7.85. The van der Waals surface area contributed by atoms with Gasteiger partial charge in [0.15, 0.2) is 0 Å². The van der Waals surface area contributed by atoms with Crippen molar-refractivity contribution in [3.63, 3.8) is 0 Å². The average Bonchev–Trinajstić information content (AvgIpc) is 2.34. The molecule has 0 unspecified atom stereocenters. The lowest BCUT2D eigenvalue weighted by molar-refractivity contribution is 0.478. The van der Waals surface area contributed by atoms with Gasteiger partial charge in [0, 0.05) is 0 Å². The van der Waals surface area contributed by atoms with Gasteiger partial charge in [0.25, 0.3) is 10.1 Å². The van der Waals surface area contributed by atoms with Gasteiger partial charge in [0.1, 0.15) is 0 Å². The first-order valence-corrected chi connectivity index (χ1v) is 9.27. The number of rotatable bonds is 13. The van der Waals surface area contributed by atoms with Crippen LogP contribution in [0.15, 0.2) is 12.2 Å². The summed E-state index contributed by atoms with van der Waals surface area (Å²) in [7, 11) is -3.75. The van der Waals surface area contributed by atoms with Crippen LogP contribution in [0.4, 0.5) is 0 Å². The second-order valence-corrected chi connectivity index (χ2v) is 6.74. The van der Waals surface area contributed by atoms with Gasteiger partial charge in [-0.25, -0.2) is 0 Å². The quantitative estimate of drug-likeness (QED) is 0.303. The van der Waals surface area contributed by atoms with Crippen molar-refractivity contribution in [2.75, 3.05) is 5.75 Å². The predicted molar refractivity (Wildman–Crippen MR) is 82.0 cm³/mol. The van der Waals surface area contributed by atoms with Crippen LogP contribution in [-0.2, 0) is 10.1 Å². The lowest BCUT2D eigenvalue weighted by atomic mass is 10.1. The highest BCUT2D eigenvalue weighted by Gasteiger charge is 2.02. The second-order valence-electron chi connectivity index (χ2n) is 5.16. The molecule has 0 aromatic heterocycles. The number of hydrogen-bond acceptors (Lipinski definition) is 2. The van der Waals surface area contributed by atoms with Crippen molar-refractivity contribution in [2.24, 2.45) is 0 Å². The summed E-state index contributed by atoms with van der Waals surface area (Å²) in [6, 6.07) is 0. The van der Waals surface area contributed by atoms with Gasteiger partial charge in [0.05, 0.1) is 5.75 Å². The molecule has 0 aromatic rings. The monoisotopic (exact) mass is 290 g/mol. The van der Waals surface area contributed by atoms with Gasteiger partial charge >= 0.3 is 0 Å². The second kappa shape index (κ2) is 12.7. The molecule has 0 aliphatic carbocycles. The van der Waals surface area contributed by atoms with Crippen molar-refractivity contribution in [3.8, 4) is 0 Å². The molecular formula is C15H30O3S. The summed E-state index contributed by atoms with van der Waals surface area (Å²) < 4.78 is 29.5. The molecule has 1 N–H and O–H groups in total. The van der Waals surface area contributed by atoms with Crippen LogP contribution in [0.2, 0.25) is 0 Å². The van der Waals surface area contributed by atoms with Crippen LogP contribution in [0, 0.1) is 0 Å². The fourth-order valence-electron chi connectivity index (χ4n) is 1.99. The number of hydrogen-bond donors (Lipinski definition) is 1. The molecule has 0 saturated carbocycles. The normalized spacial score (nSPS) is 12.3. The van der Waals surface area contributed by atoms with Gasteiger partial charge in [-0.05, 0) is 25.7 Å². The minimum Gasteiger partial charge on any atom is -0.286 e. The molecule has 3 nitrogen and oxygen atoms in total. The molecule has 0 aliphatic rings. The van der Waals surface area contributed by atoms with E-state index in [4.69, 9.17) is 4.55 Å². The van der Waals surface area contributed by atoms with Crippen molar-refractivity contribution in [3.05, 3.63) is 12.2 Å². The van der Waals surface area contributed by atoms with E-state index in [0.29, 0.717) is 6.42 Å². The van der Waals surface area contributed by atoms with E-state index in [1.54, 1.807) is 0 Å². The minimum absolute atomic E-state index is 0.0877.